The number of rotatable bonds is 3. The smallest absolute Gasteiger partial charge is 0.255 e. The van der Waals surface area contributed by atoms with E-state index in [1.807, 2.05) is 6.07 Å². The number of Topliss-reactive ketones (excluding diaryl/α,β-unsaturated/α-hetero) is 1. The van der Waals surface area contributed by atoms with Crippen LogP contribution in [-0.4, -0.2) is 51.5 Å². The molecule has 1 aromatic carbocycles. The van der Waals surface area contributed by atoms with Gasteiger partial charge >= 0.3 is 0 Å². The number of aromatic amines is 1. The fourth-order valence-corrected chi connectivity index (χ4v) is 4.81. The number of aromatic nitrogens is 3. The number of benzene rings is 1. The summed E-state index contributed by atoms with van der Waals surface area (Å²) >= 11 is 0. The van der Waals surface area contributed by atoms with Crippen LogP contribution in [0.1, 0.15) is 59.9 Å². The molecule has 8 nitrogen and oxygen atoms in total. The molecule has 3 atom stereocenters. The van der Waals surface area contributed by atoms with Crippen LogP contribution in [0.3, 0.4) is 0 Å². The minimum absolute atomic E-state index is 0.116. The molecule has 4 heterocycles. The van der Waals surface area contributed by atoms with Crippen molar-refractivity contribution in [3.63, 3.8) is 0 Å². The molecule has 2 aromatic heterocycles. The third-order valence-electron chi connectivity index (χ3n) is 6.59. The van der Waals surface area contributed by atoms with Crippen molar-refractivity contribution in [2.75, 3.05) is 16.8 Å². The van der Waals surface area contributed by atoms with E-state index in [0.717, 1.165) is 16.6 Å². The molecular formula is C23H26N6O2. The van der Waals surface area contributed by atoms with Crippen LogP contribution in [0.4, 0.5) is 11.4 Å². The fourth-order valence-electron chi connectivity index (χ4n) is 4.81. The Morgan fingerprint density at radius 3 is 2.84 bits per heavy atom. The standard InChI is InChI=1S/C23H26N6O2/c1-11(2)20-16-8-26-28-22(16)25-9-17(20)27-23(31)14-5-6-15-18(7-14)29-13(4)12(3)24-10-19(29)21(15)30/h5-9,11-13,19,24H,10H2,1-4H3,(H,27,31)(H,25,26,28)/t12-,13?,19-/m1/s1. The summed E-state index contributed by atoms with van der Waals surface area (Å²) in [6.45, 7) is 9.00. The number of pyridine rings is 1. The number of ketones is 1. The van der Waals surface area contributed by atoms with Gasteiger partial charge in [-0.05, 0) is 43.5 Å². The quantitative estimate of drug-likeness (QED) is 0.604. The normalized spacial score (nSPS) is 22.7. The number of anilines is 2. The zero-order valence-corrected chi connectivity index (χ0v) is 18.1. The molecule has 3 aromatic rings. The van der Waals surface area contributed by atoms with E-state index in [-0.39, 0.29) is 35.7 Å². The maximum atomic E-state index is 13.2. The first kappa shape index (κ1) is 19.7. The lowest BCUT2D eigenvalue weighted by Crippen LogP contribution is -2.60. The average Bonchev–Trinajstić information content (AvgIpc) is 3.33. The lowest BCUT2D eigenvalue weighted by atomic mass is 9.99. The maximum absolute atomic E-state index is 13.2. The number of fused-ring (bicyclic) bond motifs is 4. The van der Waals surface area contributed by atoms with Crippen LogP contribution in [0.15, 0.2) is 30.6 Å². The second-order valence-corrected chi connectivity index (χ2v) is 8.78. The summed E-state index contributed by atoms with van der Waals surface area (Å²) < 4.78 is 0. The molecule has 0 radical (unpaired) electrons. The minimum atomic E-state index is -0.221. The summed E-state index contributed by atoms with van der Waals surface area (Å²) in [7, 11) is 0. The van der Waals surface area contributed by atoms with Gasteiger partial charge in [-0.2, -0.15) is 5.10 Å². The van der Waals surface area contributed by atoms with Gasteiger partial charge in [0.25, 0.3) is 5.91 Å². The van der Waals surface area contributed by atoms with Crippen molar-refractivity contribution in [3.8, 4) is 0 Å². The van der Waals surface area contributed by atoms with Crippen molar-refractivity contribution in [2.45, 2.75) is 51.7 Å². The zero-order valence-electron chi connectivity index (χ0n) is 18.1. The summed E-state index contributed by atoms with van der Waals surface area (Å²) in [5.41, 5.74) is 4.42. The van der Waals surface area contributed by atoms with E-state index in [1.54, 1.807) is 24.5 Å². The van der Waals surface area contributed by atoms with Gasteiger partial charge in [0, 0.05) is 40.8 Å². The number of carbonyl (C=O) groups excluding carboxylic acids is 2. The Balaban J connectivity index is 1.49. The van der Waals surface area contributed by atoms with Crippen molar-refractivity contribution in [2.24, 2.45) is 0 Å². The van der Waals surface area contributed by atoms with E-state index < -0.39 is 0 Å². The van der Waals surface area contributed by atoms with E-state index >= 15 is 0 Å². The van der Waals surface area contributed by atoms with Gasteiger partial charge in [-0.1, -0.05) is 13.8 Å². The molecule has 1 unspecified atom stereocenters. The van der Waals surface area contributed by atoms with Crippen LogP contribution in [0.25, 0.3) is 11.0 Å². The molecule has 3 N–H and O–H groups in total. The van der Waals surface area contributed by atoms with Gasteiger partial charge in [-0.25, -0.2) is 4.98 Å². The number of hydrogen-bond donors (Lipinski definition) is 3. The Hall–Kier alpha value is -3.26. The molecule has 1 amide bonds. The highest BCUT2D eigenvalue weighted by molar-refractivity contribution is 6.14. The Bertz CT molecular complexity index is 1200. The zero-order chi connectivity index (χ0) is 21.9. The van der Waals surface area contributed by atoms with Gasteiger partial charge in [0.15, 0.2) is 11.4 Å². The molecule has 31 heavy (non-hydrogen) atoms. The van der Waals surface area contributed by atoms with Gasteiger partial charge in [-0.15, -0.1) is 0 Å². The van der Waals surface area contributed by atoms with Gasteiger partial charge in [-0.3, -0.25) is 14.7 Å². The van der Waals surface area contributed by atoms with E-state index in [0.29, 0.717) is 29.0 Å². The number of hydrogen-bond acceptors (Lipinski definition) is 6. The number of amides is 1. The molecule has 1 fully saturated rings. The molecule has 0 saturated carbocycles. The van der Waals surface area contributed by atoms with Gasteiger partial charge in [0.2, 0.25) is 0 Å². The van der Waals surface area contributed by atoms with Crippen LogP contribution >= 0.6 is 0 Å². The Morgan fingerprint density at radius 2 is 2.06 bits per heavy atom. The molecular weight excluding hydrogens is 392 g/mol. The van der Waals surface area contributed by atoms with Crippen molar-refractivity contribution in [1.29, 1.82) is 0 Å². The predicted molar refractivity (Wildman–Crippen MR) is 120 cm³/mol. The summed E-state index contributed by atoms with van der Waals surface area (Å²) in [5.74, 6) is 0.0750. The van der Waals surface area contributed by atoms with Gasteiger partial charge < -0.3 is 15.5 Å². The van der Waals surface area contributed by atoms with E-state index in [1.165, 1.54) is 0 Å². The highest BCUT2D eigenvalue weighted by Gasteiger charge is 2.43. The van der Waals surface area contributed by atoms with Crippen LogP contribution in [0, 0.1) is 0 Å². The molecule has 2 aliphatic heterocycles. The second kappa shape index (κ2) is 7.16. The highest BCUT2D eigenvalue weighted by Crippen LogP contribution is 2.37. The van der Waals surface area contributed by atoms with Crippen molar-refractivity contribution in [3.05, 3.63) is 47.3 Å². The van der Waals surface area contributed by atoms with Crippen LogP contribution in [-0.2, 0) is 0 Å². The third kappa shape index (κ3) is 3.01. The Kier molecular flexibility index (Phi) is 4.55. The SMILES string of the molecule is CC(C)c1c(NC(=O)c2ccc3c(c2)N2C(C)[C@@H](C)NC[C@@H]2C3=O)cnc2[nH]ncc12. The molecule has 0 spiro atoms. The number of nitrogens with one attached hydrogen (secondary N) is 3. The van der Waals surface area contributed by atoms with E-state index in [2.05, 4.69) is 58.4 Å². The van der Waals surface area contributed by atoms with Crippen LogP contribution in [0.2, 0.25) is 0 Å². The lowest BCUT2D eigenvalue weighted by Gasteiger charge is -2.41. The minimum Gasteiger partial charge on any atom is -0.355 e. The van der Waals surface area contributed by atoms with Crippen molar-refractivity contribution < 1.29 is 9.59 Å². The topological polar surface area (TPSA) is 103 Å². The average molecular weight is 419 g/mol. The number of piperazine rings is 1. The van der Waals surface area contributed by atoms with Crippen molar-refractivity contribution >= 4 is 34.1 Å². The summed E-state index contributed by atoms with van der Waals surface area (Å²) in [6, 6.07) is 5.56. The first-order valence-corrected chi connectivity index (χ1v) is 10.7. The third-order valence-corrected chi connectivity index (χ3v) is 6.59. The largest absolute Gasteiger partial charge is 0.355 e. The monoisotopic (exact) mass is 418 g/mol. The predicted octanol–water partition coefficient (Wildman–Crippen LogP) is 3.09. The first-order valence-electron chi connectivity index (χ1n) is 10.7. The molecule has 8 heteroatoms. The van der Waals surface area contributed by atoms with Crippen LogP contribution < -0.4 is 15.5 Å². The maximum Gasteiger partial charge on any atom is 0.255 e. The van der Waals surface area contributed by atoms with Gasteiger partial charge in [0.05, 0.1) is 18.1 Å². The number of nitrogens with zero attached hydrogens (tertiary/aromatic N) is 3. The van der Waals surface area contributed by atoms with Gasteiger partial charge in [0.1, 0.15) is 6.04 Å². The molecule has 160 valence electrons. The first-order chi connectivity index (χ1) is 14.9. The number of H-pyrrole nitrogens is 1. The summed E-state index contributed by atoms with van der Waals surface area (Å²) in [6.07, 6.45) is 3.40. The number of carbonyl (C=O) groups is 2. The lowest BCUT2D eigenvalue weighted by molar-refractivity contribution is 0.0954. The van der Waals surface area contributed by atoms with E-state index in [4.69, 9.17) is 0 Å². The van der Waals surface area contributed by atoms with E-state index in [9.17, 15) is 9.59 Å². The Morgan fingerprint density at radius 1 is 1.26 bits per heavy atom. The molecule has 1 saturated heterocycles. The fraction of sp³-hybridized carbons (Fsp3) is 0.391. The molecule has 0 aliphatic carbocycles. The highest BCUT2D eigenvalue weighted by atomic mass is 16.1. The molecule has 2 aliphatic rings. The molecule has 5 rings (SSSR count). The second-order valence-electron chi connectivity index (χ2n) is 8.78. The Labute approximate surface area is 180 Å². The van der Waals surface area contributed by atoms with Crippen molar-refractivity contribution in [1.82, 2.24) is 20.5 Å². The van der Waals surface area contributed by atoms with Crippen LogP contribution in [0.5, 0.6) is 0 Å². The molecule has 0 bridgehead atoms. The summed E-state index contributed by atoms with van der Waals surface area (Å²) in [4.78, 5) is 32.6. The summed E-state index contributed by atoms with van der Waals surface area (Å²) in [5, 5.41) is 14.3.